The molecule has 0 unspecified atom stereocenters. The number of hydrogen-bond donors (Lipinski definition) is 1. The molecule has 1 aliphatic rings. The van der Waals surface area contributed by atoms with Crippen LogP contribution in [-0.2, 0) is 9.53 Å². The van der Waals surface area contributed by atoms with Crippen LogP contribution in [0.2, 0.25) is 0 Å². The molecule has 1 aliphatic heterocycles. The van der Waals surface area contributed by atoms with Gasteiger partial charge in [0.1, 0.15) is 0 Å². The van der Waals surface area contributed by atoms with Gasteiger partial charge in [-0.1, -0.05) is 0 Å². The van der Waals surface area contributed by atoms with Crippen LogP contribution in [-0.4, -0.2) is 49.4 Å². The fourth-order valence-corrected chi connectivity index (χ4v) is 1.17. The van der Waals surface area contributed by atoms with E-state index in [2.05, 4.69) is 15.4 Å². The molecule has 1 amide bonds. The Labute approximate surface area is 84.1 Å². The van der Waals surface area contributed by atoms with Crippen LogP contribution in [0.15, 0.2) is 5.10 Å². The monoisotopic (exact) mass is 199 g/mol. The number of carbonyl (C=O) groups is 1. The van der Waals surface area contributed by atoms with Crippen molar-refractivity contribution in [2.24, 2.45) is 5.10 Å². The molecule has 80 valence electrons. The van der Waals surface area contributed by atoms with E-state index < -0.39 is 0 Å². The van der Waals surface area contributed by atoms with Crippen LogP contribution in [0.1, 0.15) is 13.8 Å². The normalized spacial score (nSPS) is 17.6. The number of carbonyl (C=O) groups excluding carboxylic acids is 1. The third-order valence-electron chi connectivity index (χ3n) is 1.88. The highest BCUT2D eigenvalue weighted by Crippen LogP contribution is 1.95. The zero-order valence-corrected chi connectivity index (χ0v) is 8.75. The summed E-state index contributed by atoms with van der Waals surface area (Å²) in [6.07, 6.45) is 0. The molecule has 0 bridgehead atoms. The number of hydrazone groups is 1. The predicted octanol–water partition coefficient (Wildman–Crippen LogP) is -0.169. The van der Waals surface area contributed by atoms with E-state index in [1.165, 1.54) is 0 Å². The van der Waals surface area contributed by atoms with Crippen LogP contribution in [0.25, 0.3) is 0 Å². The summed E-state index contributed by atoms with van der Waals surface area (Å²) >= 11 is 0. The van der Waals surface area contributed by atoms with Crippen LogP contribution in [0.4, 0.5) is 0 Å². The summed E-state index contributed by atoms with van der Waals surface area (Å²) < 4.78 is 5.18. The minimum atomic E-state index is -0.0619. The third kappa shape index (κ3) is 4.34. The molecular formula is C9H17N3O2. The second-order valence-electron chi connectivity index (χ2n) is 3.48. The minimum absolute atomic E-state index is 0.0619. The summed E-state index contributed by atoms with van der Waals surface area (Å²) in [5.74, 6) is -0.0619. The first-order chi connectivity index (χ1) is 6.68. The second kappa shape index (κ2) is 5.72. The third-order valence-corrected chi connectivity index (χ3v) is 1.88. The van der Waals surface area contributed by atoms with Gasteiger partial charge in [0.05, 0.1) is 19.8 Å². The van der Waals surface area contributed by atoms with E-state index in [-0.39, 0.29) is 5.91 Å². The number of amides is 1. The van der Waals surface area contributed by atoms with Crippen molar-refractivity contribution in [1.29, 1.82) is 0 Å². The smallest absolute Gasteiger partial charge is 0.254 e. The molecule has 0 saturated carbocycles. The number of morpholine rings is 1. The molecule has 0 aromatic carbocycles. The lowest BCUT2D eigenvalue weighted by Crippen LogP contribution is -2.42. The van der Waals surface area contributed by atoms with E-state index in [4.69, 9.17) is 4.74 Å². The first kappa shape index (κ1) is 11.1. The molecule has 0 aromatic heterocycles. The Bertz CT molecular complexity index is 218. The molecule has 5 heteroatoms. The molecule has 5 nitrogen and oxygen atoms in total. The first-order valence-corrected chi connectivity index (χ1v) is 4.78. The molecular weight excluding hydrogens is 182 g/mol. The molecule has 0 aliphatic carbocycles. The Morgan fingerprint density at radius 1 is 1.43 bits per heavy atom. The van der Waals surface area contributed by atoms with Crippen LogP contribution >= 0.6 is 0 Å². The van der Waals surface area contributed by atoms with Crippen molar-refractivity contribution in [3.8, 4) is 0 Å². The summed E-state index contributed by atoms with van der Waals surface area (Å²) in [7, 11) is 0. The molecule has 1 rings (SSSR count). The van der Waals surface area contributed by atoms with Crippen molar-refractivity contribution in [2.45, 2.75) is 13.8 Å². The van der Waals surface area contributed by atoms with E-state index in [0.29, 0.717) is 19.8 Å². The van der Waals surface area contributed by atoms with Gasteiger partial charge in [-0.3, -0.25) is 9.69 Å². The summed E-state index contributed by atoms with van der Waals surface area (Å²) in [5.41, 5.74) is 3.34. The Hall–Kier alpha value is -0.940. The largest absolute Gasteiger partial charge is 0.379 e. The average molecular weight is 199 g/mol. The molecule has 1 N–H and O–H groups in total. The molecule has 0 atom stereocenters. The van der Waals surface area contributed by atoms with Crippen molar-refractivity contribution < 1.29 is 9.53 Å². The van der Waals surface area contributed by atoms with Crippen molar-refractivity contribution in [2.75, 3.05) is 32.8 Å². The average Bonchev–Trinajstić information content (AvgIpc) is 2.16. The lowest BCUT2D eigenvalue weighted by atomic mass is 10.4. The van der Waals surface area contributed by atoms with Gasteiger partial charge < -0.3 is 4.74 Å². The fourth-order valence-electron chi connectivity index (χ4n) is 1.17. The molecule has 0 spiro atoms. The predicted molar refractivity (Wildman–Crippen MR) is 54.2 cm³/mol. The van der Waals surface area contributed by atoms with E-state index in [1.54, 1.807) is 0 Å². The van der Waals surface area contributed by atoms with E-state index in [9.17, 15) is 4.79 Å². The number of nitrogens with zero attached hydrogens (tertiary/aromatic N) is 2. The summed E-state index contributed by atoms with van der Waals surface area (Å²) in [4.78, 5) is 13.4. The fraction of sp³-hybridized carbons (Fsp3) is 0.778. The number of hydrogen-bond acceptors (Lipinski definition) is 4. The second-order valence-corrected chi connectivity index (χ2v) is 3.48. The van der Waals surface area contributed by atoms with Gasteiger partial charge in [-0.2, -0.15) is 5.10 Å². The van der Waals surface area contributed by atoms with Crippen molar-refractivity contribution in [1.82, 2.24) is 10.3 Å². The summed E-state index contributed by atoms with van der Waals surface area (Å²) in [6.45, 7) is 7.15. The van der Waals surface area contributed by atoms with Gasteiger partial charge in [-0.05, 0) is 13.8 Å². The quantitative estimate of drug-likeness (QED) is 0.507. The molecule has 0 radical (unpaired) electrons. The highest BCUT2D eigenvalue weighted by molar-refractivity contribution is 5.83. The maximum absolute atomic E-state index is 11.3. The van der Waals surface area contributed by atoms with Gasteiger partial charge >= 0.3 is 0 Å². The Morgan fingerprint density at radius 2 is 2.07 bits per heavy atom. The summed E-state index contributed by atoms with van der Waals surface area (Å²) in [6, 6.07) is 0. The van der Waals surface area contributed by atoms with Gasteiger partial charge in [-0.15, -0.1) is 0 Å². The van der Waals surface area contributed by atoms with E-state index >= 15 is 0 Å². The van der Waals surface area contributed by atoms with E-state index in [0.717, 1.165) is 18.8 Å². The minimum Gasteiger partial charge on any atom is -0.379 e. The number of nitrogens with one attached hydrogen (secondary N) is 1. The maximum atomic E-state index is 11.3. The molecule has 1 saturated heterocycles. The zero-order valence-electron chi connectivity index (χ0n) is 8.75. The van der Waals surface area contributed by atoms with Crippen LogP contribution in [0.5, 0.6) is 0 Å². The highest BCUT2D eigenvalue weighted by atomic mass is 16.5. The summed E-state index contributed by atoms with van der Waals surface area (Å²) in [5, 5.41) is 3.85. The lowest BCUT2D eigenvalue weighted by Gasteiger charge is -2.25. The Morgan fingerprint density at radius 3 is 2.64 bits per heavy atom. The Kier molecular flexibility index (Phi) is 4.55. The van der Waals surface area contributed by atoms with Gasteiger partial charge in [0.25, 0.3) is 5.91 Å². The van der Waals surface area contributed by atoms with E-state index in [1.807, 2.05) is 13.8 Å². The van der Waals surface area contributed by atoms with Gasteiger partial charge in [0.2, 0.25) is 0 Å². The molecule has 1 fully saturated rings. The van der Waals surface area contributed by atoms with Gasteiger partial charge in [0, 0.05) is 18.8 Å². The zero-order chi connectivity index (χ0) is 10.4. The topological polar surface area (TPSA) is 53.9 Å². The van der Waals surface area contributed by atoms with Crippen molar-refractivity contribution >= 4 is 11.6 Å². The first-order valence-electron chi connectivity index (χ1n) is 4.78. The van der Waals surface area contributed by atoms with Crippen molar-refractivity contribution in [3.05, 3.63) is 0 Å². The SMILES string of the molecule is CC(C)=NNC(=O)CN1CCOCC1. The molecule has 0 aromatic rings. The van der Waals surface area contributed by atoms with Crippen molar-refractivity contribution in [3.63, 3.8) is 0 Å². The van der Waals surface area contributed by atoms with Crippen LogP contribution in [0, 0.1) is 0 Å². The van der Waals surface area contributed by atoms with Crippen LogP contribution < -0.4 is 5.43 Å². The standard InChI is InChI=1S/C9H17N3O2/c1-8(2)10-11-9(13)7-12-3-5-14-6-4-12/h3-7H2,1-2H3,(H,11,13). The molecule has 14 heavy (non-hydrogen) atoms. The number of rotatable bonds is 3. The van der Waals surface area contributed by atoms with Gasteiger partial charge in [-0.25, -0.2) is 5.43 Å². The Balaban J connectivity index is 2.22. The molecule has 1 heterocycles. The maximum Gasteiger partial charge on any atom is 0.254 e. The van der Waals surface area contributed by atoms with Gasteiger partial charge in [0.15, 0.2) is 0 Å². The highest BCUT2D eigenvalue weighted by Gasteiger charge is 2.13. The lowest BCUT2D eigenvalue weighted by molar-refractivity contribution is -0.123. The number of ether oxygens (including phenoxy) is 1. The van der Waals surface area contributed by atoms with Crippen LogP contribution in [0.3, 0.4) is 0 Å².